The highest BCUT2D eigenvalue weighted by Crippen LogP contribution is 2.16. The molecule has 93 valence electrons. The first kappa shape index (κ1) is 13.9. The third-order valence-corrected chi connectivity index (χ3v) is 4.22. The highest BCUT2D eigenvalue weighted by molar-refractivity contribution is 7.89. The highest BCUT2D eigenvalue weighted by Gasteiger charge is 2.22. The summed E-state index contributed by atoms with van der Waals surface area (Å²) >= 11 is 0. The van der Waals surface area contributed by atoms with Gasteiger partial charge in [0.15, 0.2) is 0 Å². The zero-order valence-corrected chi connectivity index (χ0v) is 11.1. The third-order valence-electron chi connectivity index (χ3n) is 2.38. The molecule has 0 aromatic heterocycles. The van der Waals surface area contributed by atoms with Gasteiger partial charge in [0.05, 0.1) is 4.90 Å². The first-order valence-corrected chi connectivity index (χ1v) is 6.92. The normalized spacial score (nSPS) is 11.7. The van der Waals surface area contributed by atoms with Crippen LogP contribution in [0.2, 0.25) is 0 Å². The van der Waals surface area contributed by atoms with Crippen LogP contribution in [0.3, 0.4) is 0 Å². The van der Waals surface area contributed by atoms with Crippen molar-refractivity contribution in [1.29, 1.82) is 0 Å². The molecule has 0 spiro atoms. The SMILES string of the molecule is C=CCN(C[CH]C)S(=O)(=O)c1ccc(C)cc1. The second kappa shape index (κ2) is 5.98. The Morgan fingerprint density at radius 3 is 2.29 bits per heavy atom. The van der Waals surface area contributed by atoms with Gasteiger partial charge in [-0.2, -0.15) is 4.31 Å². The molecule has 0 heterocycles. The average molecular weight is 252 g/mol. The number of sulfonamides is 1. The van der Waals surface area contributed by atoms with E-state index in [1.54, 1.807) is 30.3 Å². The fraction of sp³-hybridized carbons (Fsp3) is 0.308. The summed E-state index contributed by atoms with van der Waals surface area (Å²) in [5.41, 5.74) is 1.04. The van der Waals surface area contributed by atoms with Gasteiger partial charge in [0.25, 0.3) is 0 Å². The van der Waals surface area contributed by atoms with E-state index in [9.17, 15) is 8.42 Å². The van der Waals surface area contributed by atoms with Crippen LogP contribution in [0.4, 0.5) is 0 Å². The van der Waals surface area contributed by atoms with Gasteiger partial charge in [0, 0.05) is 13.1 Å². The van der Waals surface area contributed by atoms with Crippen molar-refractivity contribution < 1.29 is 8.42 Å². The molecule has 0 saturated heterocycles. The molecule has 0 atom stereocenters. The molecule has 17 heavy (non-hydrogen) atoms. The van der Waals surface area contributed by atoms with Crippen LogP contribution in [-0.4, -0.2) is 25.8 Å². The van der Waals surface area contributed by atoms with Crippen molar-refractivity contribution in [2.75, 3.05) is 13.1 Å². The first-order chi connectivity index (χ1) is 8.02. The summed E-state index contributed by atoms with van der Waals surface area (Å²) in [5, 5.41) is 0. The van der Waals surface area contributed by atoms with Crippen LogP contribution in [0.5, 0.6) is 0 Å². The van der Waals surface area contributed by atoms with Gasteiger partial charge in [-0.1, -0.05) is 30.7 Å². The minimum absolute atomic E-state index is 0.320. The molecule has 0 aliphatic rings. The maximum atomic E-state index is 12.3. The summed E-state index contributed by atoms with van der Waals surface area (Å²) in [6.45, 7) is 8.06. The zero-order chi connectivity index (χ0) is 12.9. The van der Waals surface area contributed by atoms with E-state index in [1.165, 1.54) is 4.31 Å². The molecule has 0 unspecified atom stereocenters. The van der Waals surface area contributed by atoms with E-state index in [4.69, 9.17) is 0 Å². The molecule has 0 amide bonds. The third kappa shape index (κ3) is 3.41. The number of aryl methyl sites for hydroxylation is 1. The lowest BCUT2D eigenvalue weighted by Crippen LogP contribution is -2.32. The van der Waals surface area contributed by atoms with Crippen LogP contribution in [0.25, 0.3) is 0 Å². The van der Waals surface area contributed by atoms with Gasteiger partial charge < -0.3 is 0 Å². The lowest BCUT2D eigenvalue weighted by Gasteiger charge is -2.19. The Kier molecular flexibility index (Phi) is 4.90. The molecular formula is C13H18NO2S. The number of hydrogen-bond acceptors (Lipinski definition) is 2. The average Bonchev–Trinajstić information content (AvgIpc) is 2.29. The molecule has 1 aromatic rings. The molecule has 0 aliphatic heterocycles. The van der Waals surface area contributed by atoms with E-state index in [2.05, 4.69) is 6.58 Å². The summed E-state index contributed by atoms with van der Waals surface area (Å²) in [5.74, 6) is 0. The van der Waals surface area contributed by atoms with E-state index in [-0.39, 0.29) is 0 Å². The molecule has 0 fully saturated rings. The summed E-state index contributed by atoms with van der Waals surface area (Å²) < 4.78 is 26.0. The van der Waals surface area contributed by atoms with Gasteiger partial charge in [0.2, 0.25) is 10.0 Å². The van der Waals surface area contributed by atoms with Crippen molar-refractivity contribution in [3.05, 3.63) is 48.9 Å². The molecule has 0 saturated carbocycles. The van der Waals surface area contributed by atoms with Gasteiger partial charge in [0.1, 0.15) is 0 Å². The maximum absolute atomic E-state index is 12.3. The van der Waals surface area contributed by atoms with Gasteiger partial charge in [-0.05, 0) is 25.5 Å². The Morgan fingerprint density at radius 1 is 1.24 bits per heavy atom. The van der Waals surface area contributed by atoms with Crippen molar-refractivity contribution in [1.82, 2.24) is 4.31 Å². The van der Waals surface area contributed by atoms with E-state index < -0.39 is 10.0 Å². The molecule has 0 aliphatic carbocycles. The van der Waals surface area contributed by atoms with Gasteiger partial charge in [-0.15, -0.1) is 6.58 Å². The molecular weight excluding hydrogens is 234 g/mol. The van der Waals surface area contributed by atoms with Crippen molar-refractivity contribution in [3.8, 4) is 0 Å². The van der Waals surface area contributed by atoms with Crippen LogP contribution in [0, 0.1) is 13.3 Å². The van der Waals surface area contributed by atoms with Crippen molar-refractivity contribution in [2.24, 2.45) is 0 Å². The minimum Gasteiger partial charge on any atom is -0.207 e. The molecule has 0 N–H and O–H groups in total. The second-order valence-corrected chi connectivity index (χ2v) is 5.77. The van der Waals surface area contributed by atoms with E-state index >= 15 is 0 Å². The van der Waals surface area contributed by atoms with Crippen LogP contribution in [-0.2, 0) is 10.0 Å². The highest BCUT2D eigenvalue weighted by atomic mass is 32.2. The molecule has 3 nitrogen and oxygen atoms in total. The molecule has 1 radical (unpaired) electrons. The fourth-order valence-corrected chi connectivity index (χ4v) is 2.90. The number of rotatable bonds is 6. The summed E-state index contributed by atoms with van der Waals surface area (Å²) in [6, 6.07) is 6.87. The topological polar surface area (TPSA) is 37.4 Å². The Hall–Kier alpha value is -1.13. The van der Waals surface area contributed by atoms with Crippen LogP contribution < -0.4 is 0 Å². The monoisotopic (exact) mass is 252 g/mol. The summed E-state index contributed by atoms with van der Waals surface area (Å²) in [4.78, 5) is 0.326. The van der Waals surface area contributed by atoms with E-state index in [1.807, 2.05) is 20.3 Å². The van der Waals surface area contributed by atoms with E-state index in [0.717, 1.165) is 5.56 Å². The Bertz CT molecular complexity index is 463. The van der Waals surface area contributed by atoms with Crippen molar-refractivity contribution in [2.45, 2.75) is 18.7 Å². The van der Waals surface area contributed by atoms with Gasteiger partial charge in [-0.25, -0.2) is 8.42 Å². The van der Waals surface area contributed by atoms with Crippen LogP contribution in [0.1, 0.15) is 12.5 Å². The minimum atomic E-state index is -3.41. The largest absolute Gasteiger partial charge is 0.243 e. The molecule has 4 heteroatoms. The Balaban J connectivity index is 3.06. The second-order valence-electron chi connectivity index (χ2n) is 3.83. The van der Waals surface area contributed by atoms with E-state index in [0.29, 0.717) is 18.0 Å². The molecule has 1 aromatic carbocycles. The predicted molar refractivity (Wildman–Crippen MR) is 70.1 cm³/mol. The van der Waals surface area contributed by atoms with Gasteiger partial charge in [-0.3, -0.25) is 0 Å². The lowest BCUT2D eigenvalue weighted by atomic mass is 10.2. The summed E-state index contributed by atoms with van der Waals surface area (Å²) in [6.07, 6.45) is 3.41. The lowest BCUT2D eigenvalue weighted by molar-refractivity contribution is 0.465. The quantitative estimate of drug-likeness (QED) is 0.729. The Morgan fingerprint density at radius 2 is 1.82 bits per heavy atom. The molecule has 0 bridgehead atoms. The van der Waals surface area contributed by atoms with Crippen molar-refractivity contribution in [3.63, 3.8) is 0 Å². The predicted octanol–water partition coefficient (Wildman–Crippen LogP) is 2.40. The van der Waals surface area contributed by atoms with Crippen LogP contribution >= 0.6 is 0 Å². The Labute approximate surface area is 104 Å². The zero-order valence-electron chi connectivity index (χ0n) is 10.3. The fourth-order valence-electron chi connectivity index (χ4n) is 1.48. The van der Waals surface area contributed by atoms with Gasteiger partial charge >= 0.3 is 0 Å². The number of hydrogen-bond donors (Lipinski definition) is 0. The maximum Gasteiger partial charge on any atom is 0.243 e. The smallest absolute Gasteiger partial charge is 0.207 e. The summed E-state index contributed by atoms with van der Waals surface area (Å²) in [7, 11) is -3.41. The first-order valence-electron chi connectivity index (χ1n) is 5.48. The molecule has 1 rings (SSSR count). The van der Waals surface area contributed by atoms with Crippen molar-refractivity contribution >= 4 is 10.0 Å². The number of nitrogens with zero attached hydrogens (tertiary/aromatic N) is 1. The standard InChI is InChI=1S/C13H18NO2S/c1-4-10-14(11-5-2)17(15,16)13-8-6-12(3)7-9-13/h4-9H,1,10-11H2,2-3H3. The number of benzene rings is 1. The van der Waals surface area contributed by atoms with Crippen LogP contribution in [0.15, 0.2) is 41.8 Å².